The molecule has 0 aliphatic heterocycles. The average molecular weight is 288 g/mol. The molecular formula is C17H14B2O3. The highest BCUT2D eigenvalue weighted by Gasteiger charge is 2.16. The van der Waals surface area contributed by atoms with Crippen LogP contribution in [-0.2, 0) is 0 Å². The molecule has 0 heterocycles. The van der Waals surface area contributed by atoms with Crippen LogP contribution in [0.4, 0.5) is 0 Å². The van der Waals surface area contributed by atoms with Gasteiger partial charge in [0.2, 0.25) is 0 Å². The first-order valence-electron chi connectivity index (χ1n) is 7.31. The van der Waals surface area contributed by atoms with E-state index >= 15 is 0 Å². The van der Waals surface area contributed by atoms with Crippen LogP contribution in [0.2, 0.25) is 6.82 Å². The second kappa shape index (κ2) is 4.71. The van der Waals surface area contributed by atoms with Gasteiger partial charge in [-0.2, -0.15) is 0 Å². The summed E-state index contributed by atoms with van der Waals surface area (Å²) in [6, 6.07) is 15.7. The Balaban J connectivity index is 2.17. The molecule has 0 fully saturated rings. The minimum absolute atomic E-state index is 0.496. The third-order valence-corrected chi connectivity index (χ3v) is 4.36. The van der Waals surface area contributed by atoms with Gasteiger partial charge in [-0.25, -0.2) is 0 Å². The van der Waals surface area contributed by atoms with E-state index in [1.165, 1.54) is 0 Å². The Labute approximate surface area is 128 Å². The second-order valence-corrected chi connectivity index (χ2v) is 5.87. The lowest BCUT2D eigenvalue weighted by Gasteiger charge is -2.14. The van der Waals surface area contributed by atoms with E-state index in [-0.39, 0.29) is 0 Å². The van der Waals surface area contributed by atoms with E-state index in [4.69, 9.17) is 0 Å². The van der Waals surface area contributed by atoms with Gasteiger partial charge in [-0.05, 0) is 43.2 Å². The van der Waals surface area contributed by atoms with Crippen molar-refractivity contribution >= 4 is 57.3 Å². The number of rotatable bonds is 2. The molecular weight excluding hydrogens is 274 g/mol. The van der Waals surface area contributed by atoms with Gasteiger partial charge in [-0.3, -0.25) is 0 Å². The Kier molecular flexibility index (Phi) is 2.91. The van der Waals surface area contributed by atoms with E-state index in [0.29, 0.717) is 5.46 Å². The van der Waals surface area contributed by atoms with Crippen LogP contribution in [0.5, 0.6) is 0 Å². The van der Waals surface area contributed by atoms with Gasteiger partial charge < -0.3 is 15.1 Å². The fourth-order valence-corrected chi connectivity index (χ4v) is 3.28. The first-order valence-corrected chi connectivity index (χ1v) is 7.31. The minimum atomic E-state index is -1.47. The summed E-state index contributed by atoms with van der Waals surface area (Å²) in [5, 5.41) is 35.1. The van der Waals surface area contributed by atoms with E-state index in [9.17, 15) is 15.1 Å². The van der Waals surface area contributed by atoms with Crippen LogP contribution in [0.25, 0.3) is 32.3 Å². The van der Waals surface area contributed by atoms with E-state index in [1.807, 2.05) is 48.5 Å². The molecule has 0 amide bonds. The van der Waals surface area contributed by atoms with Crippen LogP contribution >= 0.6 is 0 Å². The molecule has 3 N–H and O–H groups in total. The predicted molar refractivity (Wildman–Crippen MR) is 93.4 cm³/mol. The number of hydrogen-bond acceptors (Lipinski definition) is 3. The van der Waals surface area contributed by atoms with Crippen molar-refractivity contribution < 1.29 is 15.1 Å². The maximum absolute atomic E-state index is 9.85. The fourth-order valence-electron chi connectivity index (χ4n) is 3.28. The number of benzene rings is 4. The predicted octanol–water partition coefficient (Wildman–Crippen LogP) is 1.08. The van der Waals surface area contributed by atoms with Crippen molar-refractivity contribution in [3.05, 3.63) is 48.5 Å². The fraction of sp³-hybridized carbons (Fsp3) is 0.0588. The van der Waals surface area contributed by atoms with Gasteiger partial charge >= 0.3 is 14.0 Å². The smallest absolute Gasteiger partial charge is 0.447 e. The van der Waals surface area contributed by atoms with Crippen LogP contribution in [0, 0.1) is 0 Å². The molecule has 0 saturated carbocycles. The standard InChI is InChI=1S/C17H14B2O3/c1-18(20)14-6-10-2-4-12-8-15(19(21)22)9-13-5-3-11(7-14)16(10)17(12)13/h2-9,20-22H,1H3. The first kappa shape index (κ1) is 13.6. The van der Waals surface area contributed by atoms with Crippen LogP contribution < -0.4 is 10.9 Å². The molecule has 0 spiro atoms. The van der Waals surface area contributed by atoms with Gasteiger partial charge in [0.25, 0.3) is 0 Å². The van der Waals surface area contributed by atoms with Crippen LogP contribution in [0.1, 0.15) is 0 Å². The van der Waals surface area contributed by atoms with Crippen molar-refractivity contribution in [2.75, 3.05) is 0 Å². The zero-order valence-electron chi connectivity index (χ0n) is 12.1. The number of hydrogen-bond donors (Lipinski definition) is 3. The van der Waals surface area contributed by atoms with Crippen molar-refractivity contribution in [3.8, 4) is 0 Å². The zero-order chi connectivity index (χ0) is 15.4. The molecule has 3 nitrogen and oxygen atoms in total. The van der Waals surface area contributed by atoms with E-state index in [1.54, 1.807) is 6.82 Å². The topological polar surface area (TPSA) is 60.7 Å². The third-order valence-electron chi connectivity index (χ3n) is 4.36. The summed E-state index contributed by atoms with van der Waals surface area (Å²) in [5.41, 5.74) is 1.40. The van der Waals surface area contributed by atoms with Gasteiger partial charge in [0.15, 0.2) is 0 Å². The zero-order valence-corrected chi connectivity index (χ0v) is 12.1. The Morgan fingerprint density at radius 2 is 1.00 bits per heavy atom. The quantitative estimate of drug-likeness (QED) is 0.382. The van der Waals surface area contributed by atoms with Gasteiger partial charge in [0.1, 0.15) is 0 Å². The highest BCUT2D eigenvalue weighted by Crippen LogP contribution is 2.33. The lowest BCUT2D eigenvalue weighted by Crippen LogP contribution is -2.29. The Hall–Kier alpha value is -2.07. The molecule has 106 valence electrons. The lowest BCUT2D eigenvalue weighted by molar-refractivity contribution is 0.426. The first-order chi connectivity index (χ1) is 10.5. The summed E-state index contributed by atoms with van der Waals surface area (Å²) in [6.07, 6.45) is 0. The molecule has 0 unspecified atom stereocenters. The Morgan fingerprint density at radius 3 is 1.32 bits per heavy atom. The molecule has 4 aromatic rings. The molecule has 0 aliphatic carbocycles. The van der Waals surface area contributed by atoms with Crippen molar-refractivity contribution in [1.29, 1.82) is 0 Å². The van der Waals surface area contributed by atoms with Crippen molar-refractivity contribution in [2.24, 2.45) is 0 Å². The van der Waals surface area contributed by atoms with Crippen LogP contribution in [0.3, 0.4) is 0 Å². The highest BCUT2D eigenvalue weighted by molar-refractivity contribution is 6.65. The molecule has 22 heavy (non-hydrogen) atoms. The minimum Gasteiger partial charge on any atom is -0.447 e. The third kappa shape index (κ3) is 1.91. The highest BCUT2D eigenvalue weighted by atomic mass is 16.4. The van der Waals surface area contributed by atoms with E-state index < -0.39 is 14.0 Å². The molecule has 0 aliphatic rings. The van der Waals surface area contributed by atoms with Gasteiger partial charge in [-0.1, -0.05) is 55.4 Å². The van der Waals surface area contributed by atoms with Crippen LogP contribution in [-0.4, -0.2) is 29.1 Å². The normalized spacial score (nSPS) is 11.6. The van der Waals surface area contributed by atoms with Gasteiger partial charge in [-0.15, -0.1) is 0 Å². The van der Waals surface area contributed by atoms with Crippen molar-refractivity contribution in [3.63, 3.8) is 0 Å². The maximum Gasteiger partial charge on any atom is 0.488 e. The summed E-state index contributed by atoms with van der Waals surface area (Å²) in [6.45, 7) is 1.26. The molecule has 5 heteroatoms. The average Bonchev–Trinajstić information content (AvgIpc) is 2.51. The molecule has 0 atom stereocenters. The summed E-state index contributed by atoms with van der Waals surface area (Å²) < 4.78 is 0. The largest absolute Gasteiger partial charge is 0.488 e. The summed E-state index contributed by atoms with van der Waals surface area (Å²) in [5.74, 6) is 0. The SMILES string of the molecule is CB(O)c1cc2ccc3cc(B(O)O)cc4ccc(c1)c2c34. The summed E-state index contributed by atoms with van der Waals surface area (Å²) >= 11 is 0. The van der Waals surface area contributed by atoms with E-state index in [0.717, 1.165) is 37.8 Å². The molecule has 0 aromatic heterocycles. The van der Waals surface area contributed by atoms with Gasteiger partial charge in [0, 0.05) is 0 Å². The van der Waals surface area contributed by atoms with Crippen molar-refractivity contribution in [1.82, 2.24) is 0 Å². The monoisotopic (exact) mass is 288 g/mol. The molecule has 0 radical (unpaired) electrons. The summed E-state index contributed by atoms with van der Waals surface area (Å²) in [4.78, 5) is 0. The lowest BCUT2D eigenvalue weighted by atomic mass is 9.63. The van der Waals surface area contributed by atoms with E-state index in [2.05, 4.69) is 0 Å². The molecule has 4 aromatic carbocycles. The Bertz CT molecular complexity index is 848. The molecule has 4 rings (SSSR count). The van der Waals surface area contributed by atoms with Gasteiger partial charge in [0.05, 0.1) is 0 Å². The molecule has 0 saturated heterocycles. The molecule has 0 bridgehead atoms. The second-order valence-electron chi connectivity index (χ2n) is 5.87. The van der Waals surface area contributed by atoms with Crippen molar-refractivity contribution in [2.45, 2.75) is 6.82 Å². The van der Waals surface area contributed by atoms with Crippen LogP contribution in [0.15, 0.2) is 48.5 Å². The summed E-state index contributed by atoms with van der Waals surface area (Å²) in [7, 11) is -1.47. The maximum atomic E-state index is 9.85. The Morgan fingerprint density at radius 1 is 0.636 bits per heavy atom.